The van der Waals surface area contributed by atoms with E-state index < -0.39 is 17.7 Å². The molecular weight excluding hydrogens is 422 g/mol. The summed E-state index contributed by atoms with van der Waals surface area (Å²) in [5.41, 5.74) is 0.158. The largest absolute Gasteiger partial charge is 0.507 e. The molecular formula is C22H20ClN3O5. The number of hydrogen-bond acceptors (Lipinski definition) is 6. The lowest BCUT2D eigenvalue weighted by Crippen LogP contribution is -2.31. The number of carbonyl (C=O) groups is 2. The summed E-state index contributed by atoms with van der Waals surface area (Å²) in [7, 11) is 1.44. The van der Waals surface area contributed by atoms with Crippen molar-refractivity contribution in [1.29, 1.82) is 0 Å². The smallest absolute Gasteiger partial charge is 0.295 e. The van der Waals surface area contributed by atoms with Crippen LogP contribution in [0.25, 0.3) is 5.76 Å². The molecule has 160 valence electrons. The van der Waals surface area contributed by atoms with Crippen molar-refractivity contribution in [3.63, 3.8) is 0 Å². The molecule has 1 aliphatic rings. The van der Waals surface area contributed by atoms with Gasteiger partial charge in [-0.05, 0) is 36.8 Å². The first-order valence-electron chi connectivity index (χ1n) is 9.62. The Bertz CT molecular complexity index is 1120. The maximum atomic E-state index is 13.0. The summed E-state index contributed by atoms with van der Waals surface area (Å²) < 4.78 is 12.7. The summed E-state index contributed by atoms with van der Waals surface area (Å²) in [5.74, 6) is -1.15. The van der Waals surface area contributed by atoms with E-state index in [1.54, 1.807) is 36.8 Å². The number of carbonyl (C=O) groups excluding carboxylic acids is 2. The summed E-state index contributed by atoms with van der Waals surface area (Å²) in [6.45, 7) is 0.910. The number of rotatable bonds is 7. The highest BCUT2D eigenvalue weighted by Crippen LogP contribution is 2.41. The molecule has 0 aliphatic carbocycles. The summed E-state index contributed by atoms with van der Waals surface area (Å²) in [5, 5.41) is 11.4. The second-order valence-corrected chi connectivity index (χ2v) is 7.44. The van der Waals surface area contributed by atoms with Crippen molar-refractivity contribution in [2.75, 3.05) is 13.7 Å². The molecule has 8 nitrogen and oxygen atoms in total. The third kappa shape index (κ3) is 3.94. The quantitative estimate of drug-likeness (QED) is 0.341. The van der Waals surface area contributed by atoms with Crippen LogP contribution in [0, 0.1) is 0 Å². The van der Waals surface area contributed by atoms with Crippen LogP contribution < -0.4 is 4.74 Å². The molecule has 1 saturated heterocycles. The normalized spacial score (nSPS) is 18.0. The Balaban J connectivity index is 1.74. The van der Waals surface area contributed by atoms with Crippen LogP contribution in [0.1, 0.15) is 23.8 Å². The number of halogens is 1. The molecule has 0 spiro atoms. The standard InChI is InChI=1S/C22H20ClN3O5/c1-30-16-6-5-14(23)12-15(16)20(27)18-19(17-4-2-11-31-17)26(22(29)21(18)28)9-3-8-25-10-7-24-13-25/h2,4-7,10-13,19,27H,3,8-9H2,1H3/b20-18+. The number of methoxy groups -OCH3 is 1. The average Bonchev–Trinajstić information content (AvgIpc) is 3.52. The van der Waals surface area contributed by atoms with Crippen LogP contribution in [0.4, 0.5) is 0 Å². The first-order chi connectivity index (χ1) is 15.0. The molecule has 1 atom stereocenters. The Hall–Kier alpha value is -3.52. The van der Waals surface area contributed by atoms with Gasteiger partial charge in [0, 0.05) is 30.5 Å². The lowest BCUT2D eigenvalue weighted by Gasteiger charge is -2.23. The van der Waals surface area contributed by atoms with E-state index in [1.807, 2.05) is 10.8 Å². The lowest BCUT2D eigenvalue weighted by molar-refractivity contribution is -0.140. The number of benzene rings is 1. The third-order valence-electron chi connectivity index (χ3n) is 5.14. The first-order valence-corrected chi connectivity index (χ1v) is 10.0. The van der Waals surface area contributed by atoms with Crippen LogP contribution in [0.15, 0.2) is 65.3 Å². The predicted molar refractivity (Wildman–Crippen MR) is 113 cm³/mol. The molecule has 1 aromatic carbocycles. The minimum Gasteiger partial charge on any atom is -0.507 e. The van der Waals surface area contributed by atoms with Gasteiger partial charge >= 0.3 is 0 Å². The molecule has 0 radical (unpaired) electrons. The molecule has 3 aromatic rings. The molecule has 0 bridgehead atoms. The van der Waals surface area contributed by atoms with Gasteiger partial charge in [-0.25, -0.2) is 4.98 Å². The highest BCUT2D eigenvalue weighted by molar-refractivity contribution is 6.46. The monoisotopic (exact) mass is 441 g/mol. The molecule has 2 aromatic heterocycles. The molecule has 3 heterocycles. The summed E-state index contributed by atoms with van der Waals surface area (Å²) in [6.07, 6.45) is 7.22. The number of aliphatic hydroxyl groups excluding tert-OH is 1. The van der Waals surface area contributed by atoms with Gasteiger partial charge in [0.25, 0.3) is 11.7 Å². The van der Waals surface area contributed by atoms with E-state index in [0.717, 1.165) is 0 Å². The van der Waals surface area contributed by atoms with Crippen LogP contribution in [0.2, 0.25) is 5.02 Å². The predicted octanol–water partition coefficient (Wildman–Crippen LogP) is 3.65. The zero-order valence-corrected chi connectivity index (χ0v) is 17.5. The maximum absolute atomic E-state index is 13.0. The minimum atomic E-state index is -0.860. The van der Waals surface area contributed by atoms with Gasteiger partial charge in [0.05, 0.1) is 30.8 Å². The van der Waals surface area contributed by atoms with Gasteiger partial charge in [0.2, 0.25) is 0 Å². The Morgan fingerprint density at radius 3 is 2.81 bits per heavy atom. The number of ketones is 1. The summed E-state index contributed by atoms with van der Waals surface area (Å²) in [6, 6.07) is 7.15. The molecule has 1 N–H and O–H groups in total. The zero-order valence-electron chi connectivity index (χ0n) is 16.7. The lowest BCUT2D eigenvalue weighted by atomic mass is 9.98. The topological polar surface area (TPSA) is 97.8 Å². The van der Waals surface area contributed by atoms with Gasteiger partial charge in [-0.1, -0.05) is 11.6 Å². The summed E-state index contributed by atoms with van der Waals surface area (Å²) in [4.78, 5) is 31.3. The van der Waals surface area contributed by atoms with Gasteiger partial charge in [-0.15, -0.1) is 0 Å². The van der Waals surface area contributed by atoms with E-state index in [1.165, 1.54) is 24.3 Å². The number of likely N-dealkylation sites (tertiary alicyclic amines) is 1. The van der Waals surface area contributed by atoms with Gasteiger partial charge < -0.3 is 23.7 Å². The van der Waals surface area contributed by atoms with Crippen molar-refractivity contribution in [3.05, 3.63) is 77.2 Å². The van der Waals surface area contributed by atoms with Crippen molar-refractivity contribution in [1.82, 2.24) is 14.5 Å². The Kier molecular flexibility index (Phi) is 5.81. The van der Waals surface area contributed by atoms with Crippen LogP contribution in [-0.2, 0) is 16.1 Å². The summed E-state index contributed by atoms with van der Waals surface area (Å²) >= 11 is 6.09. The van der Waals surface area contributed by atoms with Gasteiger partial charge in [0.15, 0.2) is 0 Å². The first kappa shape index (κ1) is 20.7. The molecule has 1 amide bonds. The third-order valence-corrected chi connectivity index (χ3v) is 5.38. The van der Waals surface area contributed by atoms with E-state index in [9.17, 15) is 14.7 Å². The Morgan fingerprint density at radius 2 is 2.13 bits per heavy atom. The van der Waals surface area contributed by atoms with E-state index in [4.69, 9.17) is 20.8 Å². The van der Waals surface area contributed by atoms with Crippen molar-refractivity contribution in [2.24, 2.45) is 0 Å². The average molecular weight is 442 g/mol. The Labute approximate surface area is 183 Å². The van der Waals surface area contributed by atoms with Crippen LogP contribution in [0.3, 0.4) is 0 Å². The van der Waals surface area contributed by atoms with Crippen molar-refractivity contribution in [3.8, 4) is 5.75 Å². The second kappa shape index (κ2) is 8.69. The SMILES string of the molecule is COc1ccc(Cl)cc1/C(O)=C1\C(=O)C(=O)N(CCCn2ccnc2)C1c1ccco1. The molecule has 1 aliphatic heterocycles. The molecule has 1 unspecified atom stereocenters. The number of aromatic nitrogens is 2. The molecule has 0 saturated carbocycles. The van der Waals surface area contributed by atoms with Crippen molar-refractivity contribution in [2.45, 2.75) is 19.0 Å². The molecule has 31 heavy (non-hydrogen) atoms. The fourth-order valence-electron chi connectivity index (χ4n) is 3.71. The maximum Gasteiger partial charge on any atom is 0.295 e. The number of ether oxygens (including phenoxy) is 1. The van der Waals surface area contributed by atoms with Crippen LogP contribution in [-0.4, -0.2) is 44.9 Å². The number of nitrogens with zero attached hydrogens (tertiary/aromatic N) is 3. The fourth-order valence-corrected chi connectivity index (χ4v) is 3.88. The second-order valence-electron chi connectivity index (χ2n) is 7.01. The van der Waals surface area contributed by atoms with Gasteiger partial charge in [-0.3, -0.25) is 9.59 Å². The highest BCUT2D eigenvalue weighted by Gasteiger charge is 2.47. The number of imidazole rings is 1. The number of amides is 1. The van der Waals surface area contributed by atoms with E-state index in [-0.39, 0.29) is 23.4 Å². The molecule has 4 rings (SSSR count). The number of aliphatic hydroxyl groups is 1. The Morgan fingerprint density at radius 1 is 1.29 bits per heavy atom. The van der Waals surface area contributed by atoms with Gasteiger partial charge in [-0.2, -0.15) is 0 Å². The number of Topliss-reactive ketones (excluding diaryl/α,β-unsaturated/α-hetero) is 1. The minimum absolute atomic E-state index is 0.0665. The van der Waals surface area contributed by atoms with Crippen LogP contribution in [0.5, 0.6) is 5.75 Å². The van der Waals surface area contributed by atoms with E-state index >= 15 is 0 Å². The van der Waals surface area contributed by atoms with Crippen molar-refractivity contribution >= 4 is 29.1 Å². The van der Waals surface area contributed by atoms with Crippen LogP contribution >= 0.6 is 11.6 Å². The van der Waals surface area contributed by atoms with E-state index in [2.05, 4.69) is 4.98 Å². The molecule has 9 heteroatoms. The number of aryl methyl sites for hydroxylation is 1. The van der Waals surface area contributed by atoms with Gasteiger partial charge in [0.1, 0.15) is 23.3 Å². The number of furan rings is 1. The van der Waals surface area contributed by atoms with Crippen molar-refractivity contribution < 1.29 is 23.8 Å². The fraction of sp³-hybridized carbons (Fsp3) is 0.227. The highest BCUT2D eigenvalue weighted by atomic mass is 35.5. The molecule has 1 fully saturated rings. The number of hydrogen-bond donors (Lipinski definition) is 1. The van der Waals surface area contributed by atoms with E-state index in [0.29, 0.717) is 29.5 Å². The zero-order chi connectivity index (χ0) is 22.0.